The average molecular weight is 483 g/mol. The fourth-order valence-electron chi connectivity index (χ4n) is 3.95. The largest absolute Gasteiger partial charge is 0.466 e. The minimum absolute atomic E-state index is 0.271. The first-order valence-corrected chi connectivity index (χ1v) is 11.8. The summed E-state index contributed by atoms with van der Waals surface area (Å²) < 4.78 is 11.1. The number of anilines is 1. The number of carbonyl (C=O) groups is 2. The van der Waals surface area contributed by atoms with Crippen LogP contribution in [0.25, 0.3) is 0 Å². The van der Waals surface area contributed by atoms with E-state index < -0.39 is 5.97 Å². The predicted octanol–water partition coefficient (Wildman–Crippen LogP) is 5.08. The average Bonchev–Trinajstić information content (AvgIpc) is 2.73. The summed E-state index contributed by atoms with van der Waals surface area (Å²) in [6.45, 7) is 6.10. The molecule has 1 aromatic rings. The van der Waals surface area contributed by atoms with Gasteiger partial charge in [-0.05, 0) is 72.3 Å². The van der Waals surface area contributed by atoms with Crippen LogP contribution in [0.5, 0.6) is 0 Å². The summed E-state index contributed by atoms with van der Waals surface area (Å²) in [5, 5.41) is 0. The summed E-state index contributed by atoms with van der Waals surface area (Å²) in [6, 6.07) is 4.49. The van der Waals surface area contributed by atoms with Gasteiger partial charge in [-0.2, -0.15) is 0 Å². The molecular formula is C23H35BrN2O4. The van der Waals surface area contributed by atoms with Gasteiger partial charge in [0.25, 0.3) is 0 Å². The molecule has 1 fully saturated rings. The molecule has 7 heteroatoms. The first-order valence-electron chi connectivity index (χ1n) is 11.0. The van der Waals surface area contributed by atoms with E-state index in [1.54, 1.807) is 0 Å². The Hall–Kier alpha value is -1.60. The number of nitrogens with two attached hydrogens (primary N) is 1. The minimum Gasteiger partial charge on any atom is -0.466 e. The highest BCUT2D eigenvalue weighted by Crippen LogP contribution is 2.29. The lowest BCUT2D eigenvalue weighted by Crippen LogP contribution is -2.36. The molecule has 1 aliphatic rings. The number of esters is 2. The first-order chi connectivity index (χ1) is 14.4. The molecule has 0 saturated heterocycles. The van der Waals surface area contributed by atoms with Crippen molar-refractivity contribution in [3.8, 4) is 0 Å². The Kier molecular flexibility index (Phi) is 10.6. The van der Waals surface area contributed by atoms with E-state index in [0.717, 1.165) is 42.4 Å². The maximum Gasteiger partial charge on any atom is 0.340 e. The highest BCUT2D eigenvalue weighted by Gasteiger charge is 2.21. The molecule has 0 bridgehead atoms. The van der Waals surface area contributed by atoms with Crippen LogP contribution >= 0.6 is 15.9 Å². The van der Waals surface area contributed by atoms with E-state index >= 15 is 0 Å². The summed E-state index contributed by atoms with van der Waals surface area (Å²) >= 11 is 3.50. The Labute approximate surface area is 188 Å². The van der Waals surface area contributed by atoms with Crippen molar-refractivity contribution in [2.45, 2.75) is 77.8 Å². The van der Waals surface area contributed by atoms with Crippen LogP contribution in [0, 0.1) is 0 Å². The number of hydrogen-bond donors (Lipinski definition) is 1. The number of nitrogens with zero attached hydrogens (tertiary/aromatic N) is 1. The first kappa shape index (κ1) is 24.7. The predicted molar refractivity (Wildman–Crippen MR) is 122 cm³/mol. The van der Waals surface area contributed by atoms with Crippen LogP contribution in [0.4, 0.5) is 5.69 Å². The molecule has 0 spiro atoms. The Morgan fingerprint density at radius 1 is 1.10 bits per heavy atom. The standard InChI is InChI=1S/C23H35BrN2O4/c1-3-26(19-10-6-4-7-11-19)16-18-14-20(22(25)21(24)15-18)23(28)30-13-9-5-8-12-29-17(2)27/h14-15,19H,3-13,16,25H2,1-2H3. The third-order valence-corrected chi connectivity index (χ3v) is 6.28. The van der Waals surface area contributed by atoms with Gasteiger partial charge in [-0.15, -0.1) is 0 Å². The monoisotopic (exact) mass is 482 g/mol. The molecule has 2 N–H and O–H groups in total. The molecule has 1 aliphatic carbocycles. The number of ether oxygens (including phenoxy) is 2. The summed E-state index contributed by atoms with van der Waals surface area (Å²) in [5.74, 6) is -0.664. The maximum absolute atomic E-state index is 12.6. The van der Waals surface area contributed by atoms with Crippen molar-refractivity contribution >= 4 is 33.6 Å². The van der Waals surface area contributed by atoms with Crippen LogP contribution in [-0.2, 0) is 20.8 Å². The molecule has 0 atom stereocenters. The normalized spacial score (nSPS) is 14.7. The van der Waals surface area contributed by atoms with Gasteiger partial charge in [0.15, 0.2) is 0 Å². The molecule has 1 saturated carbocycles. The third-order valence-electron chi connectivity index (χ3n) is 5.62. The third kappa shape index (κ3) is 7.91. The van der Waals surface area contributed by atoms with Gasteiger partial charge in [0.2, 0.25) is 0 Å². The number of halogens is 1. The Morgan fingerprint density at radius 3 is 2.40 bits per heavy atom. The minimum atomic E-state index is -0.393. The van der Waals surface area contributed by atoms with Gasteiger partial charge in [0.1, 0.15) is 0 Å². The van der Waals surface area contributed by atoms with Gasteiger partial charge in [-0.1, -0.05) is 26.2 Å². The fourth-order valence-corrected chi connectivity index (χ4v) is 4.46. The van der Waals surface area contributed by atoms with Crippen LogP contribution in [0.1, 0.15) is 81.1 Å². The van der Waals surface area contributed by atoms with Crippen molar-refractivity contribution in [2.75, 3.05) is 25.5 Å². The lowest BCUT2D eigenvalue weighted by molar-refractivity contribution is -0.141. The van der Waals surface area contributed by atoms with Crippen LogP contribution in [0.2, 0.25) is 0 Å². The van der Waals surface area contributed by atoms with Crippen molar-refractivity contribution in [3.63, 3.8) is 0 Å². The summed E-state index contributed by atoms with van der Waals surface area (Å²) in [4.78, 5) is 25.8. The van der Waals surface area contributed by atoms with Crippen molar-refractivity contribution in [2.24, 2.45) is 0 Å². The zero-order valence-corrected chi connectivity index (χ0v) is 19.8. The number of benzene rings is 1. The van der Waals surface area contributed by atoms with Gasteiger partial charge in [0.05, 0.1) is 24.5 Å². The van der Waals surface area contributed by atoms with E-state index in [-0.39, 0.29) is 5.97 Å². The molecule has 0 heterocycles. The Bertz CT molecular complexity index is 705. The number of unbranched alkanes of at least 4 members (excludes halogenated alkanes) is 2. The van der Waals surface area contributed by atoms with Crippen molar-refractivity contribution in [1.29, 1.82) is 0 Å². The molecule has 0 unspecified atom stereocenters. The Morgan fingerprint density at radius 2 is 1.77 bits per heavy atom. The number of rotatable bonds is 11. The molecule has 1 aromatic carbocycles. The number of hydrogen-bond acceptors (Lipinski definition) is 6. The molecule has 0 radical (unpaired) electrons. The summed E-state index contributed by atoms with van der Waals surface area (Å²) in [6.07, 6.45) is 8.73. The Balaban J connectivity index is 1.91. The topological polar surface area (TPSA) is 81.9 Å². The van der Waals surface area contributed by atoms with E-state index in [9.17, 15) is 9.59 Å². The van der Waals surface area contributed by atoms with E-state index in [1.165, 1.54) is 39.0 Å². The van der Waals surface area contributed by atoms with E-state index in [1.807, 2.05) is 12.1 Å². The molecule has 30 heavy (non-hydrogen) atoms. The second-order valence-corrected chi connectivity index (χ2v) is 8.78. The molecule has 0 amide bonds. The molecule has 0 aliphatic heterocycles. The van der Waals surface area contributed by atoms with Crippen molar-refractivity contribution in [1.82, 2.24) is 4.90 Å². The van der Waals surface area contributed by atoms with Gasteiger partial charge in [0, 0.05) is 24.0 Å². The van der Waals surface area contributed by atoms with E-state index in [4.69, 9.17) is 15.2 Å². The smallest absolute Gasteiger partial charge is 0.340 e. The maximum atomic E-state index is 12.6. The van der Waals surface area contributed by atoms with Crippen LogP contribution in [0.15, 0.2) is 16.6 Å². The lowest BCUT2D eigenvalue weighted by atomic mass is 9.93. The molecule has 2 rings (SSSR count). The van der Waals surface area contributed by atoms with Crippen LogP contribution < -0.4 is 5.73 Å². The van der Waals surface area contributed by atoms with Gasteiger partial charge in [-0.3, -0.25) is 9.69 Å². The number of carbonyl (C=O) groups excluding carboxylic acids is 2. The molecule has 0 aromatic heterocycles. The van der Waals surface area contributed by atoms with E-state index in [0.29, 0.717) is 30.5 Å². The van der Waals surface area contributed by atoms with E-state index in [2.05, 4.69) is 27.8 Å². The van der Waals surface area contributed by atoms with Gasteiger partial charge < -0.3 is 15.2 Å². The number of nitrogen functional groups attached to an aromatic ring is 1. The highest BCUT2D eigenvalue weighted by molar-refractivity contribution is 9.10. The highest BCUT2D eigenvalue weighted by atomic mass is 79.9. The summed E-state index contributed by atoms with van der Waals surface area (Å²) in [5.41, 5.74) is 8.05. The van der Waals surface area contributed by atoms with Gasteiger partial charge in [-0.25, -0.2) is 4.79 Å². The summed E-state index contributed by atoms with van der Waals surface area (Å²) in [7, 11) is 0. The van der Waals surface area contributed by atoms with Crippen LogP contribution in [-0.4, -0.2) is 42.6 Å². The second-order valence-electron chi connectivity index (χ2n) is 7.93. The lowest BCUT2D eigenvalue weighted by Gasteiger charge is -2.33. The van der Waals surface area contributed by atoms with Crippen molar-refractivity contribution in [3.05, 3.63) is 27.7 Å². The molecule has 6 nitrogen and oxygen atoms in total. The zero-order valence-electron chi connectivity index (χ0n) is 18.3. The van der Waals surface area contributed by atoms with Crippen LogP contribution in [0.3, 0.4) is 0 Å². The molecular weight excluding hydrogens is 448 g/mol. The molecule has 168 valence electrons. The second kappa shape index (κ2) is 13.0. The quantitative estimate of drug-likeness (QED) is 0.269. The fraction of sp³-hybridized carbons (Fsp3) is 0.652. The van der Waals surface area contributed by atoms with Gasteiger partial charge >= 0.3 is 11.9 Å². The van der Waals surface area contributed by atoms with Crippen molar-refractivity contribution < 1.29 is 19.1 Å². The SMILES string of the molecule is CCN(Cc1cc(Br)c(N)c(C(=O)OCCCCCOC(C)=O)c1)C1CCCCC1. The zero-order chi connectivity index (χ0) is 21.9.